The normalized spacial score (nSPS) is 22.3. The quantitative estimate of drug-likeness (QED) is 0.905. The molecule has 0 spiro atoms. The van der Waals surface area contributed by atoms with Crippen LogP contribution in [0, 0.1) is 11.7 Å². The highest BCUT2D eigenvalue weighted by atomic mass is 35.5. The van der Waals surface area contributed by atoms with Crippen molar-refractivity contribution >= 4 is 11.6 Å². The highest BCUT2D eigenvalue weighted by molar-refractivity contribution is 6.30. The Kier molecular flexibility index (Phi) is 4.60. The Morgan fingerprint density at radius 1 is 1.56 bits per heavy atom. The van der Waals surface area contributed by atoms with Crippen LogP contribution in [0.25, 0.3) is 0 Å². The van der Waals surface area contributed by atoms with Crippen LogP contribution in [0.4, 0.5) is 4.39 Å². The zero-order chi connectivity index (χ0) is 13.1. The largest absolute Gasteiger partial charge is 0.310 e. The van der Waals surface area contributed by atoms with Gasteiger partial charge in [0.1, 0.15) is 5.82 Å². The summed E-state index contributed by atoms with van der Waals surface area (Å²) in [5.74, 6) is 0.360. The molecule has 2 atom stereocenters. The molecule has 1 fully saturated rings. The second-order valence-electron chi connectivity index (χ2n) is 5.22. The first-order valence-corrected chi connectivity index (χ1v) is 6.81. The summed E-state index contributed by atoms with van der Waals surface area (Å²) in [4.78, 5) is 2.35. The van der Waals surface area contributed by atoms with Crippen LogP contribution in [0.1, 0.15) is 24.9 Å². The fraction of sp³-hybridized carbons (Fsp3) is 0.571. The van der Waals surface area contributed by atoms with Gasteiger partial charge in [0.05, 0.1) is 5.02 Å². The van der Waals surface area contributed by atoms with Gasteiger partial charge in [-0.1, -0.05) is 17.7 Å². The molecule has 1 aromatic rings. The molecule has 2 rings (SSSR count). The van der Waals surface area contributed by atoms with Gasteiger partial charge in [-0.2, -0.15) is 0 Å². The molecular formula is C14H20ClFN2. The lowest BCUT2D eigenvalue weighted by atomic mass is 10.1. The average molecular weight is 271 g/mol. The maximum absolute atomic E-state index is 13.1. The lowest BCUT2D eigenvalue weighted by molar-refractivity contribution is 0.382. The molecule has 100 valence electrons. The lowest BCUT2D eigenvalue weighted by Gasteiger charge is -2.18. The molecule has 1 aromatic carbocycles. The van der Waals surface area contributed by atoms with Gasteiger partial charge in [0, 0.05) is 12.6 Å². The van der Waals surface area contributed by atoms with Crippen molar-refractivity contribution in [1.82, 2.24) is 10.2 Å². The topological polar surface area (TPSA) is 15.3 Å². The third kappa shape index (κ3) is 3.44. The van der Waals surface area contributed by atoms with Crippen molar-refractivity contribution in [3.8, 4) is 0 Å². The van der Waals surface area contributed by atoms with E-state index in [2.05, 4.69) is 24.2 Å². The predicted octanol–water partition coefficient (Wildman–Crippen LogP) is 3.08. The Hall–Kier alpha value is -0.640. The maximum Gasteiger partial charge on any atom is 0.141 e. The van der Waals surface area contributed by atoms with Crippen molar-refractivity contribution in [2.45, 2.75) is 19.4 Å². The third-order valence-electron chi connectivity index (χ3n) is 3.65. The summed E-state index contributed by atoms with van der Waals surface area (Å²) in [7, 11) is 2.16. The molecule has 1 aliphatic heterocycles. The minimum atomic E-state index is -0.356. The van der Waals surface area contributed by atoms with Gasteiger partial charge < -0.3 is 10.2 Å². The molecule has 0 aliphatic carbocycles. The zero-order valence-electron chi connectivity index (χ0n) is 10.9. The lowest BCUT2D eigenvalue weighted by Crippen LogP contribution is -2.27. The van der Waals surface area contributed by atoms with Crippen LogP contribution in [0.2, 0.25) is 5.02 Å². The van der Waals surface area contributed by atoms with Gasteiger partial charge in [-0.3, -0.25) is 0 Å². The van der Waals surface area contributed by atoms with Crippen LogP contribution in [0.15, 0.2) is 18.2 Å². The Labute approximate surface area is 113 Å². The van der Waals surface area contributed by atoms with Crippen LogP contribution < -0.4 is 5.32 Å². The zero-order valence-corrected chi connectivity index (χ0v) is 11.7. The standard InChI is InChI=1S/C14H20ClFN2/c1-10(12-3-4-14(16)13(15)7-12)17-8-11-5-6-18(2)9-11/h3-4,7,10-11,17H,5-6,8-9H2,1-2H3. The SMILES string of the molecule is CC(NCC1CCN(C)C1)c1ccc(F)c(Cl)c1. The van der Waals surface area contributed by atoms with Crippen molar-refractivity contribution in [3.05, 3.63) is 34.6 Å². The molecule has 1 aliphatic rings. The molecule has 4 heteroatoms. The number of hydrogen-bond acceptors (Lipinski definition) is 2. The van der Waals surface area contributed by atoms with Gasteiger partial charge in [0.15, 0.2) is 0 Å². The number of nitrogens with one attached hydrogen (secondary N) is 1. The molecule has 2 unspecified atom stereocenters. The molecule has 18 heavy (non-hydrogen) atoms. The molecule has 1 N–H and O–H groups in total. The maximum atomic E-state index is 13.1. The number of rotatable bonds is 4. The highest BCUT2D eigenvalue weighted by Gasteiger charge is 2.19. The second-order valence-corrected chi connectivity index (χ2v) is 5.63. The molecule has 0 saturated carbocycles. The monoisotopic (exact) mass is 270 g/mol. The van der Waals surface area contributed by atoms with Crippen molar-refractivity contribution in [2.75, 3.05) is 26.7 Å². The van der Waals surface area contributed by atoms with E-state index in [-0.39, 0.29) is 16.9 Å². The van der Waals surface area contributed by atoms with E-state index in [1.165, 1.54) is 19.0 Å². The Morgan fingerprint density at radius 2 is 2.33 bits per heavy atom. The molecule has 0 radical (unpaired) electrons. The van der Waals surface area contributed by atoms with Gasteiger partial charge in [-0.05, 0) is 57.1 Å². The summed E-state index contributed by atoms with van der Waals surface area (Å²) in [6.45, 7) is 5.43. The summed E-state index contributed by atoms with van der Waals surface area (Å²) < 4.78 is 13.1. The van der Waals surface area contributed by atoms with Crippen molar-refractivity contribution in [3.63, 3.8) is 0 Å². The van der Waals surface area contributed by atoms with Gasteiger partial charge in [0.2, 0.25) is 0 Å². The van der Waals surface area contributed by atoms with E-state index in [1.807, 2.05) is 0 Å². The summed E-state index contributed by atoms with van der Waals surface area (Å²) in [5, 5.41) is 3.70. The summed E-state index contributed by atoms with van der Waals surface area (Å²) >= 11 is 5.79. The van der Waals surface area contributed by atoms with E-state index in [1.54, 1.807) is 12.1 Å². The van der Waals surface area contributed by atoms with Crippen molar-refractivity contribution in [2.24, 2.45) is 5.92 Å². The van der Waals surface area contributed by atoms with Crippen LogP contribution in [-0.4, -0.2) is 31.6 Å². The Morgan fingerprint density at radius 3 is 2.94 bits per heavy atom. The number of hydrogen-bond donors (Lipinski definition) is 1. The Bertz CT molecular complexity index is 411. The Balaban J connectivity index is 1.87. The fourth-order valence-corrected chi connectivity index (χ4v) is 2.62. The van der Waals surface area contributed by atoms with E-state index in [0.29, 0.717) is 5.92 Å². The number of likely N-dealkylation sites (tertiary alicyclic amines) is 1. The summed E-state index contributed by atoms with van der Waals surface area (Å²) in [6.07, 6.45) is 1.25. The number of nitrogens with zero attached hydrogens (tertiary/aromatic N) is 1. The minimum absolute atomic E-state index is 0.196. The minimum Gasteiger partial charge on any atom is -0.310 e. The van der Waals surface area contributed by atoms with E-state index in [9.17, 15) is 4.39 Å². The molecular weight excluding hydrogens is 251 g/mol. The van der Waals surface area contributed by atoms with E-state index in [4.69, 9.17) is 11.6 Å². The van der Waals surface area contributed by atoms with Crippen LogP contribution in [0.3, 0.4) is 0 Å². The van der Waals surface area contributed by atoms with Crippen molar-refractivity contribution < 1.29 is 4.39 Å². The second kappa shape index (κ2) is 6.00. The first-order valence-electron chi connectivity index (χ1n) is 6.43. The molecule has 2 nitrogen and oxygen atoms in total. The predicted molar refractivity (Wildman–Crippen MR) is 73.4 cm³/mol. The van der Waals surface area contributed by atoms with Crippen LogP contribution in [-0.2, 0) is 0 Å². The first-order chi connectivity index (χ1) is 8.56. The average Bonchev–Trinajstić information content (AvgIpc) is 2.75. The third-order valence-corrected chi connectivity index (χ3v) is 3.93. The van der Waals surface area contributed by atoms with Gasteiger partial charge in [-0.15, -0.1) is 0 Å². The van der Waals surface area contributed by atoms with Crippen molar-refractivity contribution in [1.29, 1.82) is 0 Å². The first kappa shape index (κ1) is 13.8. The molecule has 0 amide bonds. The van der Waals surface area contributed by atoms with E-state index >= 15 is 0 Å². The van der Waals surface area contributed by atoms with E-state index in [0.717, 1.165) is 18.7 Å². The van der Waals surface area contributed by atoms with Gasteiger partial charge in [-0.25, -0.2) is 4.39 Å². The van der Waals surface area contributed by atoms with Gasteiger partial charge >= 0.3 is 0 Å². The number of halogens is 2. The summed E-state index contributed by atoms with van der Waals surface area (Å²) in [6, 6.07) is 5.13. The molecule has 1 saturated heterocycles. The number of benzene rings is 1. The van der Waals surface area contributed by atoms with E-state index < -0.39 is 0 Å². The van der Waals surface area contributed by atoms with Crippen LogP contribution >= 0.6 is 11.6 Å². The van der Waals surface area contributed by atoms with Gasteiger partial charge in [0.25, 0.3) is 0 Å². The summed E-state index contributed by atoms with van der Waals surface area (Å²) in [5.41, 5.74) is 1.03. The fourth-order valence-electron chi connectivity index (χ4n) is 2.44. The molecule has 1 heterocycles. The molecule has 0 aromatic heterocycles. The highest BCUT2D eigenvalue weighted by Crippen LogP contribution is 2.21. The smallest absolute Gasteiger partial charge is 0.141 e. The van der Waals surface area contributed by atoms with Crippen LogP contribution in [0.5, 0.6) is 0 Å². The molecule has 0 bridgehead atoms.